The number of hydrogen-bond acceptors (Lipinski definition) is 3. The van der Waals surface area contributed by atoms with Crippen LogP contribution >= 0.6 is 0 Å². The largest absolute Gasteiger partial charge is 0.490 e. The third-order valence-corrected chi connectivity index (χ3v) is 2.85. The van der Waals surface area contributed by atoms with Crippen LogP contribution in [0.1, 0.15) is 36.0 Å². The lowest BCUT2D eigenvalue weighted by atomic mass is 10.2. The summed E-state index contributed by atoms with van der Waals surface area (Å²) in [4.78, 5) is 11.9. The van der Waals surface area contributed by atoms with E-state index in [4.69, 9.17) is 9.84 Å². The van der Waals surface area contributed by atoms with Crippen molar-refractivity contribution in [1.82, 2.24) is 5.32 Å². The van der Waals surface area contributed by atoms with Crippen LogP contribution in [0.2, 0.25) is 0 Å². The first-order valence-electron chi connectivity index (χ1n) is 7.00. The Morgan fingerprint density at radius 3 is 2.55 bits per heavy atom. The smallest absolute Gasteiger partial charge is 0.251 e. The van der Waals surface area contributed by atoms with Gasteiger partial charge in [-0.05, 0) is 37.1 Å². The maximum atomic E-state index is 11.9. The van der Waals surface area contributed by atoms with Crippen LogP contribution in [-0.2, 0) is 0 Å². The molecule has 0 heterocycles. The highest BCUT2D eigenvalue weighted by Gasteiger charge is 2.04. The van der Waals surface area contributed by atoms with Crippen LogP contribution in [0.4, 0.5) is 0 Å². The van der Waals surface area contributed by atoms with Crippen LogP contribution in [0.15, 0.2) is 36.9 Å². The lowest BCUT2D eigenvalue weighted by molar-refractivity contribution is 0.0953. The summed E-state index contributed by atoms with van der Waals surface area (Å²) in [5.74, 6) is 0.660. The van der Waals surface area contributed by atoms with E-state index < -0.39 is 0 Å². The highest BCUT2D eigenvalue weighted by molar-refractivity contribution is 5.94. The number of unbranched alkanes of at least 4 members (excludes halogenated alkanes) is 3. The van der Waals surface area contributed by atoms with Gasteiger partial charge in [-0.2, -0.15) is 0 Å². The zero-order valence-electron chi connectivity index (χ0n) is 11.8. The summed E-state index contributed by atoms with van der Waals surface area (Å²) < 4.78 is 5.36. The normalized spacial score (nSPS) is 10.1. The number of hydrogen-bond donors (Lipinski definition) is 2. The molecule has 2 N–H and O–H groups in total. The average molecular weight is 277 g/mol. The number of ether oxygens (including phenoxy) is 1. The fraction of sp³-hybridized carbons (Fsp3) is 0.438. The summed E-state index contributed by atoms with van der Waals surface area (Å²) in [5.41, 5.74) is 0.631. The first-order chi connectivity index (χ1) is 9.77. The van der Waals surface area contributed by atoms with Crippen molar-refractivity contribution >= 4 is 5.91 Å². The van der Waals surface area contributed by atoms with Gasteiger partial charge in [0.1, 0.15) is 12.4 Å². The van der Waals surface area contributed by atoms with Crippen LogP contribution in [0.5, 0.6) is 5.75 Å². The second-order valence-corrected chi connectivity index (χ2v) is 4.52. The number of aliphatic hydroxyl groups excluding tert-OH is 1. The van der Waals surface area contributed by atoms with Crippen molar-refractivity contribution in [1.29, 1.82) is 0 Å². The van der Waals surface area contributed by atoms with Crippen LogP contribution in [-0.4, -0.2) is 30.8 Å². The first-order valence-corrected chi connectivity index (χ1v) is 7.00. The molecule has 1 amide bonds. The number of amides is 1. The number of nitrogens with one attached hydrogen (secondary N) is 1. The molecule has 0 aliphatic rings. The number of carbonyl (C=O) groups is 1. The van der Waals surface area contributed by atoms with Crippen molar-refractivity contribution in [2.24, 2.45) is 0 Å². The van der Waals surface area contributed by atoms with Gasteiger partial charge in [-0.15, -0.1) is 0 Å². The second kappa shape index (κ2) is 10.0. The van der Waals surface area contributed by atoms with Crippen LogP contribution in [0.3, 0.4) is 0 Å². The molecule has 0 saturated heterocycles. The van der Waals surface area contributed by atoms with Gasteiger partial charge in [-0.1, -0.05) is 25.5 Å². The molecule has 1 rings (SSSR count). The van der Waals surface area contributed by atoms with Gasteiger partial charge in [0.05, 0.1) is 0 Å². The van der Waals surface area contributed by atoms with Gasteiger partial charge in [0.25, 0.3) is 5.91 Å². The molecular weight excluding hydrogens is 254 g/mol. The van der Waals surface area contributed by atoms with Crippen molar-refractivity contribution in [3.05, 3.63) is 42.5 Å². The Bertz CT molecular complexity index is 401. The quantitative estimate of drug-likeness (QED) is 0.510. The van der Waals surface area contributed by atoms with Crippen molar-refractivity contribution in [3.8, 4) is 5.75 Å². The van der Waals surface area contributed by atoms with E-state index >= 15 is 0 Å². The Labute approximate surface area is 120 Å². The molecule has 0 spiro atoms. The minimum atomic E-state index is -0.0672. The van der Waals surface area contributed by atoms with Crippen molar-refractivity contribution < 1.29 is 14.6 Å². The molecule has 1 aromatic carbocycles. The zero-order chi connectivity index (χ0) is 14.6. The van der Waals surface area contributed by atoms with E-state index in [2.05, 4.69) is 11.9 Å². The summed E-state index contributed by atoms with van der Waals surface area (Å²) in [5, 5.41) is 11.5. The van der Waals surface area contributed by atoms with E-state index in [0.29, 0.717) is 18.7 Å². The first kappa shape index (κ1) is 16.2. The molecule has 0 radical (unpaired) electrons. The van der Waals surface area contributed by atoms with Gasteiger partial charge in [0.15, 0.2) is 0 Å². The third kappa shape index (κ3) is 6.38. The predicted molar refractivity (Wildman–Crippen MR) is 80.0 cm³/mol. The van der Waals surface area contributed by atoms with Crippen LogP contribution in [0.25, 0.3) is 0 Å². The maximum absolute atomic E-state index is 11.9. The van der Waals surface area contributed by atoms with Gasteiger partial charge in [0, 0.05) is 18.7 Å². The molecule has 0 aromatic heterocycles. The monoisotopic (exact) mass is 277 g/mol. The Balaban J connectivity index is 2.27. The number of benzene rings is 1. The standard InChI is InChI=1S/C16H23NO3/c1-2-13-20-15-9-7-14(8-10-15)16(19)17-11-5-3-4-6-12-18/h2,7-10,18H,1,3-6,11-13H2,(H,17,19). The van der Waals surface area contributed by atoms with Crippen molar-refractivity contribution in [2.75, 3.05) is 19.8 Å². The third-order valence-electron chi connectivity index (χ3n) is 2.85. The van der Waals surface area contributed by atoms with E-state index in [-0.39, 0.29) is 12.5 Å². The van der Waals surface area contributed by atoms with Crippen LogP contribution in [0, 0.1) is 0 Å². The van der Waals surface area contributed by atoms with E-state index in [1.54, 1.807) is 30.3 Å². The summed E-state index contributed by atoms with van der Waals surface area (Å²) in [7, 11) is 0. The molecule has 0 unspecified atom stereocenters. The van der Waals surface area contributed by atoms with Crippen molar-refractivity contribution in [3.63, 3.8) is 0 Å². The van der Waals surface area contributed by atoms with E-state index in [1.807, 2.05) is 0 Å². The Kier molecular flexibility index (Phi) is 8.15. The number of aliphatic hydroxyl groups is 1. The molecular formula is C16H23NO3. The topological polar surface area (TPSA) is 58.6 Å². The Morgan fingerprint density at radius 1 is 1.20 bits per heavy atom. The molecule has 4 heteroatoms. The maximum Gasteiger partial charge on any atom is 0.251 e. The van der Waals surface area contributed by atoms with E-state index in [1.165, 1.54) is 0 Å². The second-order valence-electron chi connectivity index (χ2n) is 4.52. The molecule has 0 bridgehead atoms. The van der Waals surface area contributed by atoms with Gasteiger partial charge in [-0.25, -0.2) is 0 Å². The van der Waals surface area contributed by atoms with Crippen LogP contribution < -0.4 is 10.1 Å². The Morgan fingerprint density at radius 2 is 1.90 bits per heavy atom. The fourth-order valence-electron chi connectivity index (χ4n) is 1.75. The average Bonchev–Trinajstić information content (AvgIpc) is 2.49. The predicted octanol–water partition coefficient (Wildman–Crippen LogP) is 2.53. The minimum Gasteiger partial charge on any atom is -0.490 e. The summed E-state index contributed by atoms with van der Waals surface area (Å²) in [6.07, 6.45) is 5.47. The zero-order valence-corrected chi connectivity index (χ0v) is 11.8. The van der Waals surface area contributed by atoms with E-state index in [0.717, 1.165) is 31.4 Å². The van der Waals surface area contributed by atoms with Gasteiger partial charge >= 0.3 is 0 Å². The lowest BCUT2D eigenvalue weighted by Gasteiger charge is -2.07. The molecule has 20 heavy (non-hydrogen) atoms. The van der Waals surface area contributed by atoms with Gasteiger partial charge in [-0.3, -0.25) is 4.79 Å². The highest BCUT2D eigenvalue weighted by atomic mass is 16.5. The molecule has 0 saturated carbocycles. The number of rotatable bonds is 10. The molecule has 0 atom stereocenters. The molecule has 4 nitrogen and oxygen atoms in total. The van der Waals surface area contributed by atoms with Gasteiger partial charge in [0.2, 0.25) is 0 Å². The summed E-state index contributed by atoms with van der Waals surface area (Å²) >= 11 is 0. The molecule has 1 aromatic rings. The Hall–Kier alpha value is -1.81. The molecule has 110 valence electrons. The highest BCUT2D eigenvalue weighted by Crippen LogP contribution is 2.12. The lowest BCUT2D eigenvalue weighted by Crippen LogP contribution is -2.24. The minimum absolute atomic E-state index is 0.0672. The molecule has 0 aliphatic heterocycles. The van der Waals surface area contributed by atoms with Crippen molar-refractivity contribution in [2.45, 2.75) is 25.7 Å². The van der Waals surface area contributed by atoms with Gasteiger partial charge < -0.3 is 15.2 Å². The number of carbonyl (C=O) groups excluding carboxylic acids is 1. The SMILES string of the molecule is C=CCOc1ccc(C(=O)NCCCCCCO)cc1. The van der Waals surface area contributed by atoms with E-state index in [9.17, 15) is 4.79 Å². The summed E-state index contributed by atoms with van der Waals surface area (Å²) in [6.45, 7) is 4.94. The molecule has 0 fully saturated rings. The fourth-order valence-corrected chi connectivity index (χ4v) is 1.75. The summed E-state index contributed by atoms with van der Waals surface area (Å²) in [6, 6.07) is 7.05. The molecule has 0 aliphatic carbocycles.